The molecule has 1 N–H and O–H groups in total. The first-order chi connectivity index (χ1) is 11.7. The van der Waals surface area contributed by atoms with Crippen molar-refractivity contribution in [3.63, 3.8) is 0 Å². The van der Waals surface area contributed by atoms with Gasteiger partial charge in [-0.3, -0.25) is 14.0 Å². The summed E-state index contributed by atoms with van der Waals surface area (Å²) in [6, 6.07) is 5.33. The van der Waals surface area contributed by atoms with Crippen LogP contribution < -0.4 is 5.32 Å². The molecule has 2 aromatic rings. The zero-order valence-electron chi connectivity index (χ0n) is 13.5. The van der Waals surface area contributed by atoms with Gasteiger partial charge in [-0.2, -0.15) is 0 Å². The van der Waals surface area contributed by atoms with E-state index in [0.29, 0.717) is 18.9 Å². The molecule has 1 aliphatic heterocycles. The summed E-state index contributed by atoms with van der Waals surface area (Å²) in [6.45, 7) is 1.01. The van der Waals surface area contributed by atoms with E-state index in [2.05, 4.69) is 15.5 Å². The molecular formula is C17H21N5O2. The molecule has 0 bridgehead atoms. The van der Waals surface area contributed by atoms with Crippen molar-refractivity contribution in [3.8, 4) is 0 Å². The number of pyridine rings is 1. The maximum absolute atomic E-state index is 12.6. The van der Waals surface area contributed by atoms with Gasteiger partial charge in [0.25, 0.3) is 0 Å². The lowest BCUT2D eigenvalue weighted by Gasteiger charge is -2.34. The summed E-state index contributed by atoms with van der Waals surface area (Å²) < 4.78 is 1.86. The predicted octanol–water partition coefficient (Wildman–Crippen LogP) is 1.14. The van der Waals surface area contributed by atoms with E-state index in [4.69, 9.17) is 0 Å². The first-order valence-corrected chi connectivity index (χ1v) is 8.61. The Morgan fingerprint density at radius 2 is 2.04 bits per heavy atom. The van der Waals surface area contributed by atoms with Crippen LogP contribution >= 0.6 is 0 Å². The molecule has 126 valence electrons. The maximum Gasteiger partial charge on any atom is 0.243 e. The normalized spacial score (nSPS) is 21.0. The second-order valence-electron chi connectivity index (χ2n) is 6.58. The number of amides is 2. The molecule has 1 aliphatic carbocycles. The van der Waals surface area contributed by atoms with Crippen LogP contribution in [0.2, 0.25) is 0 Å². The number of nitrogens with one attached hydrogen (secondary N) is 1. The number of carbonyl (C=O) groups is 2. The van der Waals surface area contributed by atoms with Gasteiger partial charge in [-0.1, -0.05) is 6.07 Å². The molecule has 1 saturated carbocycles. The minimum Gasteiger partial charge on any atom is -0.347 e. The average Bonchev–Trinajstić information content (AvgIpc) is 3.40. The average molecular weight is 327 g/mol. The Labute approximate surface area is 140 Å². The van der Waals surface area contributed by atoms with Gasteiger partial charge in [-0.25, -0.2) is 0 Å². The molecular weight excluding hydrogens is 306 g/mol. The van der Waals surface area contributed by atoms with Crippen LogP contribution in [-0.2, 0) is 16.1 Å². The van der Waals surface area contributed by atoms with Gasteiger partial charge in [-0.15, -0.1) is 10.2 Å². The lowest BCUT2D eigenvalue weighted by Crippen LogP contribution is -2.52. The van der Waals surface area contributed by atoms with Gasteiger partial charge in [0.1, 0.15) is 6.04 Å². The molecule has 2 aromatic heterocycles. The van der Waals surface area contributed by atoms with Crippen molar-refractivity contribution < 1.29 is 9.59 Å². The van der Waals surface area contributed by atoms with E-state index in [0.717, 1.165) is 37.8 Å². The molecule has 2 fully saturated rings. The molecule has 0 radical (unpaired) electrons. The molecule has 0 aromatic carbocycles. The highest BCUT2D eigenvalue weighted by molar-refractivity contribution is 5.89. The molecule has 7 nitrogen and oxygen atoms in total. The van der Waals surface area contributed by atoms with Crippen LogP contribution in [-0.4, -0.2) is 43.9 Å². The summed E-state index contributed by atoms with van der Waals surface area (Å²) in [4.78, 5) is 26.8. The Bertz CT molecular complexity index is 767. The Balaban J connectivity index is 1.43. The standard InChI is InChI=1S/C17H21N5O2/c23-16(13-5-1-3-9-21(13)17(24)12-7-8-12)18-11-15-20-19-14-6-2-4-10-22(14)15/h2,4,6,10,12-13H,1,3,5,7-9,11H2,(H,18,23)/t13-/m1/s1. The van der Waals surface area contributed by atoms with E-state index in [1.165, 1.54) is 0 Å². The maximum atomic E-state index is 12.6. The zero-order valence-corrected chi connectivity index (χ0v) is 13.5. The summed E-state index contributed by atoms with van der Waals surface area (Å²) >= 11 is 0. The van der Waals surface area contributed by atoms with Crippen LogP contribution in [0.4, 0.5) is 0 Å². The van der Waals surface area contributed by atoms with E-state index >= 15 is 0 Å². The van der Waals surface area contributed by atoms with Crippen molar-refractivity contribution in [1.82, 2.24) is 24.8 Å². The van der Waals surface area contributed by atoms with Gasteiger partial charge in [-0.05, 0) is 44.2 Å². The number of fused-ring (bicyclic) bond motifs is 1. The Kier molecular flexibility index (Phi) is 3.92. The van der Waals surface area contributed by atoms with Crippen molar-refractivity contribution in [2.45, 2.75) is 44.7 Å². The largest absolute Gasteiger partial charge is 0.347 e. The fourth-order valence-corrected chi connectivity index (χ4v) is 3.33. The lowest BCUT2D eigenvalue weighted by molar-refractivity contribution is -0.143. The van der Waals surface area contributed by atoms with E-state index in [1.807, 2.05) is 28.8 Å². The molecule has 2 aliphatic rings. The van der Waals surface area contributed by atoms with Gasteiger partial charge in [0.15, 0.2) is 11.5 Å². The number of rotatable bonds is 4. The molecule has 0 spiro atoms. The van der Waals surface area contributed by atoms with Crippen LogP contribution in [0.15, 0.2) is 24.4 Å². The molecule has 1 saturated heterocycles. The SMILES string of the molecule is O=C(NCc1nnc2ccccn12)[C@H]1CCCCN1C(=O)C1CC1. The molecule has 24 heavy (non-hydrogen) atoms. The van der Waals surface area contributed by atoms with E-state index in [9.17, 15) is 9.59 Å². The molecule has 1 atom stereocenters. The lowest BCUT2D eigenvalue weighted by atomic mass is 10.0. The van der Waals surface area contributed by atoms with Crippen molar-refractivity contribution >= 4 is 17.5 Å². The van der Waals surface area contributed by atoms with Crippen molar-refractivity contribution in [1.29, 1.82) is 0 Å². The minimum atomic E-state index is -0.342. The summed E-state index contributed by atoms with van der Waals surface area (Å²) in [5.74, 6) is 0.910. The first kappa shape index (κ1) is 15.1. The smallest absolute Gasteiger partial charge is 0.243 e. The van der Waals surface area contributed by atoms with Crippen molar-refractivity contribution in [3.05, 3.63) is 30.2 Å². The van der Waals surface area contributed by atoms with Gasteiger partial charge >= 0.3 is 0 Å². The number of hydrogen-bond donors (Lipinski definition) is 1. The number of likely N-dealkylation sites (tertiary alicyclic amines) is 1. The second kappa shape index (κ2) is 6.22. The fourth-order valence-electron chi connectivity index (χ4n) is 3.33. The fraction of sp³-hybridized carbons (Fsp3) is 0.529. The number of aromatic nitrogens is 3. The van der Waals surface area contributed by atoms with Crippen LogP contribution in [0.5, 0.6) is 0 Å². The third kappa shape index (κ3) is 2.86. The Hall–Kier alpha value is -2.44. The number of piperidine rings is 1. The van der Waals surface area contributed by atoms with Gasteiger partial charge < -0.3 is 10.2 Å². The van der Waals surface area contributed by atoms with Crippen LogP contribution in [0, 0.1) is 5.92 Å². The summed E-state index contributed by atoms with van der Waals surface area (Å²) in [7, 11) is 0. The van der Waals surface area contributed by atoms with Gasteiger partial charge in [0.2, 0.25) is 11.8 Å². The monoisotopic (exact) mass is 327 g/mol. The molecule has 7 heteroatoms. The highest BCUT2D eigenvalue weighted by Crippen LogP contribution is 2.33. The van der Waals surface area contributed by atoms with E-state index in [-0.39, 0.29) is 23.8 Å². The minimum absolute atomic E-state index is 0.0867. The Morgan fingerprint density at radius 1 is 1.17 bits per heavy atom. The molecule has 0 unspecified atom stereocenters. The predicted molar refractivity (Wildman–Crippen MR) is 86.9 cm³/mol. The van der Waals surface area contributed by atoms with Crippen molar-refractivity contribution in [2.75, 3.05) is 6.54 Å². The summed E-state index contributed by atoms with van der Waals surface area (Å²) in [5, 5.41) is 11.1. The summed E-state index contributed by atoms with van der Waals surface area (Å²) in [6.07, 6.45) is 6.52. The second-order valence-corrected chi connectivity index (χ2v) is 6.58. The van der Waals surface area contributed by atoms with Crippen LogP contribution in [0.3, 0.4) is 0 Å². The van der Waals surface area contributed by atoms with E-state index in [1.54, 1.807) is 4.90 Å². The summed E-state index contributed by atoms with van der Waals surface area (Å²) in [5.41, 5.74) is 0.755. The van der Waals surface area contributed by atoms with Crippen LogP contribution in [0.25, 0.3) is 5.65 Å². The highest BCUT2D eigenvalue weighted by Gasteiger charge is 2.39. The zero-order chi connectivity index (χ0) is 16.5. The number of carbonyl (C=O) groups excluding carboxylic acids is 2. The van der Waals surface area contributed by atoms with E-state index < -0.39 is 0 Å². The third-order valence-electron chi connectivity index (χ3n) is 4.82. The first-order valence-electron chi connectivity index (χ1n) is 8.61. The highest BCUT2D eigenvalue weighted by atomic mass is 16.2. The Morgan fingerprint density at radius 3 is 2.88 bits per heavy atom. The third-order valence-corrected chi connectivity index (χ3v) is 4.82. The van der Waals surface area contributed by atoms with Crippen LogP contribution in [0.1, 0.15) is 37.9 Å². The molecule has 2 amide bonds. The number of hydrogen-bond acceptors (Lipinski definition) is 4. The molecule has 4 rings (SSSR count). The van der Waals surface area contributed by atoms with Gasteiger partial charge in [0, 0.05) is 18.7 Å². The topological polar surface area (TPSA) is 79.6 Å². The molecule has 3 heterocycles. The van der Waals surface area contributed by atoms with Gasteiger partial charge in [0.05, 0.1) is 6.54 Å². The van der Waals surface area contributed by atoms with Crippen molar-refractivity contribution in [2.24, 2.45) is 5.92 Å². The quantitative estimate of drug-likeness (QED) is 0.913. The number of nitrogens with zero attached hydrogens (tertiary/aromatic N) is 4.